The summed E-state index contributed by atoms with van der Waals surface area (Å²) in [4.78, 5) is 10.2. The van der Waals surface area contributed by atoms with Crippen molar-refractivity contribution in [3.8, 4) is 0 Å². The van der Waals surface area contributed by atoms with Gasteiger partial charge in [-0.3, -0.25) is 15.4 Å². The maximum atomic E-state index is 10.2. The Hall–Kier alpha value is -1.07. The molecule has 1 aliphatic heterocycles. The van der Waals surface area contributed by atoms with Crippen LogP contribution in [0.1, 0.15) is 0 Å². The zero-order chi connectivity index (χ0) is 5.98. The number of nitrogens with one attached hydrogen (secondary N) is 2. The van der Waals surface area contributed by atoms with Gasteiger partial charge >= 0.3 is 0 Å². The quantitative estimate of drug-likeness (QED) is 0.368. The van der Waals surface area contributed by atoms with Crippen molar-refractivity contribution in [1.82, 2.24) is 16.1 Å². The van der Waals surface area contributed by atoms with Crippen LogP contribution in [0.2, 0.25) is 0 Å². The highest BCUT2D eigenvalue weighted by molar-refractivity contribution is 5.87. The molecule has 1 rings (SSSR count). The molecule has 0 fully saturated rings. The normalized spacial score (nSPS) is 18.6. The van der Waals surface area contributed by atoms with Gasteiger partial charge in [-0.2, -0.15) is 5.17 Å². The predicted octanol–water partition coefficient (Wildman–Crippen LogP) is -1.26. The molecule has 0 unspecified atom stereocenters. The maximum absolute atomic E-state index is 10.2. The maximum Gasteiger partial charge on any atom is 0.261 e. The molecule has 1 aliphatic rings. The number of carbonyl (C=O) groups excluding carboxylic acids is 1. The van der Waals surface area contributed by atoms with Crippen LogP contribution in [-0.2, 0) is 4.79 Å². The third-order valence-electron chi connectivity index (χ3n) is 0.661. The molecule has 44 valence electrons. The third kappa shape index (κ3) is 0.955. The summed E-state index contributed by atoms with van der Waals surface area (Å²) in [5, 5.41) is 9.09. The first-order valence-electron chi connectivity index (χ1n) is 2.01. The Morgan fingerprint density at radius 2 is 2.50 bits per heavy atom. The first-order valence-corrected chi connectivity index (χ1v) is 2.01. The lowest BCUT2D eigenvalue weighted by molar-refractivity contribution is -0.137. The molecule has 5 nitrogen and oxygen atoms in total. The van der Waals surface area contributed by atoms with Crippen molar-refractivity contribution in [2.75, 3.05) is 0 Å². The van der Waals surface area contributed by atoms with E-state index in [1.165, 1.54) is 12.3 Å². The van der Waals surface area contributed by atoms with Crippen molar-refractivity contribution < 1.29 is 10.0 Å². The van der Waals surface area contributed by atoms with Gasteiger partial charge < -0.3 is 0 Å². The Bertz CT molecular complexity index is 132. The molecule has 3 N–H and O–H groups in total. The van der Waals surface area contributed by atoms with Gasteiger partial charge in [0.15, 0.2) is 0 Å². The lowest BCUT2D eigenvalue weighted by Crippen LogP contribution is -2.48. The number of hydrazine groups is 2. The van der Waals surface area contributed by atoms with E-state index in [0.717, 1.165) is 0 Å². The van der Waals surface area contributed by atoms with Crippen molar-refractivity contribution in [2.24, 2.45) is 0 Å². The van der Waals surface area contributed by atoms with Gasteiger partial charge in [-0.25, -0.2) is 0 Å². The Labute approximate surface area is 45.5 Å². The molecule has 0 radical (unpaired) electrons. The number of hydrogen-bond acceptors (Lipinski definition) is 4. The Morgan fingerprint density at radius 1 is 1.75 bits per heavy atom. The minimum Gasteiger partial charge on any atom is -0.272 e. The zero-order valence-electron chi connectivity index (χ0n) is 3.96. The SMILES string of the molecule is O=C1C=CN(O)NN1. The van der Waals surface area contributed by atoms with Gasteiger partial charge in [0.2, 0.25) is 0 Å². The van der Waals surface area contributed by atoms with Crippen LogP contribution >= 0.6 is 0 Å². The van der Waals surface area contributed by atoms with Crippen LogP contribution in [0.15, 0.2) is 12.3 Å². The van der Waals surface area contributed by atoms with Gasteiger partial charge in [0.05, 0.1) is 6.20 Å². The second-order valence-electron chi connectivity index (χ2n) is 1.26. The lowest BCUT2D eigenvalue weighted by atomic mass is 10.6. The number of nitrogens with zero attached hydrogens (tertiary/aromatic N) is 1. The standard InChI is InChI=1S/C3H5N3O2/c7-3-1-2-6(8)5-4-3/h1-2,5,8H,(H,4,7). The number of amides is 1. The first-order chi connectivity index (χ1) is 3.79. The lowest BCUT2D eigenvalue weighted by Gasteiger charge is -2.16. The molecule has 0 aromatic rings. The van der Waals surface area contributed by atoms with Crippen molar-refractivity contribution in [1.29, 1.82) is 0 Å². The monoisotopic (exact) mass is 115 g/mol. The molecule has 0 spiro atoms. The number of carbonyl (C=O) groups is 1. The van der Waals surface area contributed by atoms with E-state index in [1.807, 2.05) is 0 Å². The predicted molar refractivity (Wildman–Crippen MR) is 24.0 cm³/mol. The van der Waals surface area contributed by atoms with E-state index in [4.69, 9.17) is 5.21 Å². The molecule has 0 saturated heterocycles. The topological polar surface area (TPSA) is 64.6 Å². The van der Waals surface area contributed by atoms with E-state index in [9.17, 15) is 4.79 Å². The summed E-state index contributed by atoms with van der Waals surface area (Å²) in [6, 6.07) is 0. The summed E-state index contributed by atoms with van der Waals surface area (Å²) < 4.78 is 0. The molecule has 0 saturated carbocycles. The van der Waals surface area contributed by atoms with Crippen molar-refractivity contribution in [3.63, 3.8) is 0 Å². The molecular formula is C3H5N3O2. The fourth-order valence-corrected chi connectivity index (χ4v) is 0.330. The molecular weight excluding hydrogens is 110 g/mol. The smallest absolute Gasteiger partial charge is 0.261 e. The number of rotatable bonds is 0. The highest BCUT2D eigenvalue weighted by Crippen LogP contribution is 1.81. The van der Waals surface area contributed by atoms with E-state index >= 15 is 0 Å². The van der Waals surface area contributed by atoms with E-state index in [1.54, 1.807) is 0 Å². The first kappa shape index (κ1) is 5.07. The summed E-state index contributed by atoms with van der Waals surface area (Å²) in [5.74, 6) is -0.282. The molecule has 0 aromatic carbocycles. The minimum absolute atomic E-state index is 0.282. The average molecular weight is 115 g/mol. The van der Waals surface area contributed by atoms with Gasteiger partial charge in [0, 0.05) is 6.08 Å². The molecule has 0 aliphatic carbocycles. The highest BCUT2D eigenvalue weighted by atomic mass is 16.5. The van der Waals surface area contributed by atoms with Crippen molar-refractivity contribution >= 4 is 5.91 Å². The van der Waals surface area contributed by atoms with Crippen LogP contribution in [0, 0.1) is 0 Å². The molecule has 0 aromatic heterocycles. The van der Waals surface area contributed by atoms with Crippen LogP contribution in [0.4, 0.5) is 0 Å². The summed E-state index contributed by atoms with van der Waals surface area (Å²) in [6.45, 7) is 0. The van der Waals surface area contributed by atoms with Crippen LogP contribution in [0.25, 0.3) is 0 Å². The van der Waals surface area contributed by atoms with Crippen LogP contribution < -0.4 is 11.0 Å². The zero-order valence-corrected chi connectivity index (χ0v) is 3.96. The Balaban J connectivity index is 2.55. The third-order valence-corrected chi connectivity index (χ3v) is 0.661. The minimum atomic E-state index is -0.282. The van der Waals surface area contributed by atoms with Gasteiger partial charge in [-0.15, -0.1) is 5.53 Å². The van der Waals surface area contributed by atoms with E-state index in [2.05, 4.69) is 11.0 Å². The molecule has 0 atom stereocenters. The van der Waals surface area contributed by atoms with Gasteiger partial charge in [-0.05, 0) is 0 Å². The van der Waals surface area contributed by atoms with Gasteiger partial charge in [-0.1, -0.05) is 0 Å². The average Bonchev–Trinajstić information content (AvgIpc) is 1.77. The second kappa shape index (κ2) is 1.81. The largest absolute Gasteiger partial charge is 0.272 e. The molecule has 1 heterocycles. The van der Waals surface area contributed by atoms with E-state index in [0.29, 0.717) is 5.17 Å². The van der Waals surface area contributed by atoms with E-state index in [-0.39, 0.29) is 5.91 Å². The van der Waals surface area contributed by atoms with Crippen LogP contribution in [0.3, 0.4) is 0 Å². The van der Waals surface area contributed by atoms with Crippen molar-refractivity contribution in [2.45, 2.75) is 0 Å². The van der Waals surface area contributed by atoms with Crippen molar-refractivity contribution in [3.05, 3.63) is 12.3 Å². The van der Waals surface area contributed by atoms with Crippen LogP contribution in [-0.4, -0.2) is 16.3 Å². The molecule has 1 amide bonds. The summed E-state index contributed by atoms with van der Waals surface area (Å²) in [6.07, 6.45) is 2.38. The van der Waals surface area contributed by atoms with Crippen LogP contribution in [0.5, 0.6) is 0 Å². The molecule has 5 heteroatoms. The summed E-state index contributed by atoms with van der Waals surface area (Å²) in [5.41, 5.74) is 4.27. The highest BCUT2D eigenvalue weighted by Gasteiger charge is 2.01. The fraction of sp³-hybridized carbons (Fsp3) is 0. The van der Waals surface area contributed by atoms with Gasteiger partial charge in [0.1, 0.15) is 0 Å². The number of hydroxylamine groups is 1. The summed E-state index contributed by atoms with van der Waals surface area (Å²) >= 11 is 0. The van der Waals surface area contributed by atoms with Gasteiger partial charge in [0.25, 0.3) is 5.91 Å². The molecule has 8 heavy (non-hydrogen) atoms. The fourth-order valence-electron chi connectivity index (χ4n) is 0.330. The molecule has 0 bridgehead atoms. The number of hydrogen-bond donors (Lipinski definition) is 3. The second-order valence-corrected chi connectivity index (χ2v) is 1.26. The van der Waals surface area contributed by atoms with E-state index < -0.39 is 0 Å². The Kier molecular flexibility index (Phi) is 1.15. The summed E-state index contributed by atoms with van der Waals surface area (Å²) in [7, 11) is 0. The Morgan fingerprint density at radius 3 is 2.88 bits per heavy atom.